The van der Waals surface area contributed by atoms with Crippen LogP contribution in [0, 0.1) is 0 Å². The molecule has 2 heteroatoms. The van der Waals surface area contributed by atoms with Crippen molar-refractivity contribution in [3.8, 4) is 0 Å². The van der Waals surface area contributed by atoms with E-state index in [-0.39, 0.29) is 0 Å². The maximum atomic E-state index is 4.15. The molecule has 0 spiro atoms. The molecule has 0 aliphatic heterocycles. The fourth-order valence-corrected chi connectivity index (χ4v) is 0.851. The summed E-state index contributed by atoms with van der Waals surface area (Å²) in [6.45, 7) is 4.35. The Labute approximate surface area is 63.7 Å². The zero-order valence-corrected chi connectivity index (χ0v) is 7.28. The van der Waals surface area contributed by atoms with Crippen molar-refractivity contribution in [3.63, 3.8) is 0 Å². The standard InChI is InChI=1S/C8H18N2/c1-4-6-7-8(5-2)10-9-3/h9H,4-7H2,1-3H3/b10-8+. The van der Waals surface area contributed by atoms with Crippen molar-refractivity contribution >= 4 is 5.71 Å². The van der Waals surface area contributed by atoms with Crippen LogP contribution < -0.4 is 5.43 Å². The highest BCUT2D eigenvalue weighted by molar-refractivity contribution is 5.83. The van der Waals surface area contributed by atoms with Gasteiger partial charge in [-0.05, 0) is 19.3 Å². The second-order valence-electron chi connectivity index (χ2n) is 2.36. The minimum absolute atomic E-state index is 1.07. The number of hydrogen-bond acceptors (Lipinski definition) is 2. The van der Waals surface area contributed by atoms with Crippen LogP contribution in [0.1, 0.15) is 39.5 Å². The van der Waals surface area contributed by atoms with E-state index in [1.807, 2.05) is 7.05 Å². The van der Waals surface area contributed by atoms with Gasteiger partial charge in [0, 0.05) is 12.8 Å². The first kappa shape index (κ1) is 9.47. The van der Waals surface area contributed by atoms with Gasteiger partial charge in [-0.2, -0.15) is 5.10 Å². The molecule has 0 rings (SSSR count). The third-order valence-corrected chi connectivity index (χ3v) is 1.50. The van der Waals surface area contributed by atoms with Crippen LogP contribution in [0.15, 0.2) is 5.10 Å². The number of hydrogen-bond donors (Lipinski definition) is 1. The average Bonchev–Trinajstić information content (AvgIpc) is 1.98. The van der Waals surface area contributed by atoms with E-state index in [1.54, 1.807) is 0 Å². The Morgan fingerprint density at radius 3 is 2.50 bits per heavy atom. The highest BCUT2D eigenvalue weighted by atomic mass is 15.3. The highest BCUT2D eigenvalue weighted by Gasteiger charge is 1.93. The predicted molar refractivity (Wildman–Crippen MR) is 46.3 cm³/mol. The summed E-state index contributed by atoms with van der Waals surface area (Å²) < 4.78 is 0. The molecule has 2 nitrogen and oxygen atoms in total. The SMILES string of the molecule is CCCC/C(CC)=N/NC. The van der Waals surface area contributed by atoms with Crippen LogP contribution in [-0.2, 0) is 0 Å². The summed E-state index contributed by atoms with van der Waals surface area (Å²) >= 11 is 0. The molecule has 0 fully saturated rings. The van der Waals surface area contributed by atoms with Crippen molar-refractivity contribution < 1.29 is 0 Å². The molecule has 0 amide bonds. The summed E-state index contributed by atoms with van der Waals surface area (Å²) in [6.07, 6.45) is 4.73. The zero-order valence-electron chi connectivity index (χ0n) is 7.28. The number of nitrogens with one attached hydrogen (secondary N) is 1. The lowest BCUT2D eigenvalue weighted by molar-refractivity contribution is 0.804. The quantitative estimate of drug-likeness (QED) is 0.461. The minimum Gasteiger partial charge on any atom is -0.313 e. The maximum absolute atomic E-state index is 4.15. The lowest BCUT2D eigenvalue weighted by atomic mass is 10.1. The van der Waals surface area contributed by atoms with E-state index >= 15 is 0 Å². The van der Waals surface area contributed by atoms with Gasteiger partial charge >= 0.3 is 0 Å². The summed E-state index contributed by atoms with van der Waals surface area (Å²) in [5, 5.41) is 4.15. The van der Waals surface area contributed by atoms with E-state index in [0.717, 1.165) is 12.8 Å². The van der Waals surface area contributed by atoms with Crippen molar-refractivity contribution in [1.82, 2.24) is 5.43 Å². The molecule has 0 aromatic carbocycles. The van der Waals surface area contributed by atoms with Gasteiger partial charge < -0.3 is 5.43 Å². The Balaban J connectivity index is 3.49. The first-order valence-corrected chi connectivity index (χ1v) is 4.07. The van der Waals surface area contributed by atoms with Crippen LogP contribution in [0.4, 0.5) is 0 Å². The van der Waals surface area contributed by atoms with Gasteiger partial charge in [-0.1, -0.05) is 20.3 Å². The molecule has 0 bridgehead atoms. The molecule has 0 saturated carbocycles. The summed E-state index contributed by atoms with van der Waals surface area (Å²) in [4.78, 5) is 0. The average molecular weight is 142 g/mol. The third-order valence-electron chi connectivity index (χ3n) is 1.50. The lowest BCUT2D eigenvalue weighted by Gasteiger charge is -2.00. The monoisotopic (exact) mass is 142 g/mol. The van der Waals surface area contributed by atoms with E-state index in [1.165, 1.54) is 18.6 Å². The number of unbranched alkanes of at least 4 members (excludes halogenated alkanes) is 1. The molecule has 0 heterocycles. The van der Waals surface area contributed by atoms with Crippen molar-refractivity contribution in [3.05, 3.63) is 0 Å². The minimum atomic E-state index is 1.07. The van der Waals surface area contributed by atoms with Crippen molar-refractivity contribution in [2.45, 2.75) is 39.5 Å². The van der Waals surface area contributed by atoms with Gasteiger partial charge in [0.15, 0.2) is 0 Å². The van der Waals surface area contributed by atoms with E-state index in [4.69, 9.17) is 0 Å². The van der Waals surface area contributed by atoms with Crippen LogP contribution in [-0.4, -0.2) is 12.8 Å². The Kier molecular flexibility index (Phi) is 6.24. The molecule has 0 aromatic heterocycles. The lowest BCUT2D eigenvalue weighted by Crippen LogP contribution is -2.03. The van der Waals surface area contributed by atoms with Gasteiger partial charge in [0.2, 0.25) is 0 Å². The number of rotatable bonds is 5. The first-order valence-electron chi connectivity index (χ1n) is 4.07. The molecule has 0 saturated heterocycles. The summed E-state index contributed by atoms with van der Waals surface area (Å²) in [6, 6.07) is 0. The normalized spacial score (nSPS) is 11.7. The van der Waals surface area contributed by atoms with Gasteiger partial charge in [0.25, 0.3) is 0 Å². The Morgan fingerprint density at radius 2 is 2.10 bits per heavy atom. The highest BCUT2D eigenvalue weighted by Crippen LogP contribution is 1.99. The summed E-state index contributed by atoms with van der Waals surface area (Å²) in [7, 11) is 1.85. The Bertz CT molecular complexity index is 97.4. The smallest absolute Gasteiger partial charge is 0.0375 e. The van der Waals surface area contributed by atoms with Gasteiger partial charge in [0.05, 0.1) is 0 Å². The van der Waals surface area contributed by atoms with E-state index in [0.29, 0.717) is 0 Å². The van der Waals surface area contributed by atoms with E-state index in [2.05, 4.69) is 24.4 Å². The van der Waals surface area contributed by atoms with Gasteiger partial charge in [-0.3, -0.25) is 0 Å². The van der Waals surface area contributed by atoms with Crippen LogP contribution in [0.3, 0.4) is 0 Å². The fraction of sp³-hybridized carbons (Fsp3) is 0.875. The predicted octanol–water partition coefficient (Wildman–Crippen LogP) is 2.16. The molecule has 1 N–H and O–H groups in total. The molecule has 0 radical (unpaired) electrons. The number of nitrogens with zero attached hydrogens (tertiary/aromatic N) is 1. The molecule has 0 aliphatic rings. The zero-order chi connectivity index (χ0) is 7.82. The Morgan fingerprint density at radius 1 is 1.40 bits per heavy atom. The van der Waals surface area contributed by atoms with E-state index < -0.39 is 0 Å². The summed E-state index contributed by atoms with van der Waals surface area (Å²) in [5.41, 5.74) is 4.10. The van der Waals surface area contributed by atoms with Crippen LogP contribution in [0.2, 0.25) is 0 Å². The van der Waals surface area contributed by atoms with Crippen LogP contribution >= 0.6 is 0 Å². The van der Waals surface area contributed by atoms with Crippen molar-refractivity contribution in [2.24, 2.45) is 5.10 Å². The van der Waals surface area contributed by atoms with E-state index in [9.17, 15) is 0 Å². The molecule has 0 atom stereocenters. The first-order chi connectivity index (χ1) is 4.85. The van der Waals surface area contributed by atoms with Gasteiger partial charge in [-0.15, -0.1) is 0 Å². The molecule has 0 aliphatic carbocycles. The number of hydrazone groups is 1. The largest absolute Gasteiger partial charge is 0.313 e. The summed E-state index contributed by atoms with van der Waals surface area (Å²) in [5.74, 6) is 0. The van der Waals surface area contributed by atoms with Crippen molar-refractivity contribution in [1.29, 1.82) is 0 Å². The molecular weight excluding hydrogens is 124 g/mol. The second kappa shape index (κ2) is 6.59. The molecule has 10 heavy (non-hydrogen) atoms. The third kappa shape index (κ3) is 4.36. The maximum Gasteiger partial charge on any atom is 0.0375 e. The second-order valence-corrected chi connectivity index (χ2v) is 2.36. The Hall–Kier alpha value is -0.530. The van der Waals surface area contributed by atoms with Gasteiger partial charge in [0.1, 0.15) is 0 Å². The van der Waals surface area contributed by atoms with Crippen LogP contribution in [0.5, 0.6) is 0 Å². The topological polar surface area (TPSA) is 24.4 Å². The molecule has 60 valence electrons. The molecular formula is C8H18N2. The molecule has 0 aromatic rings. The van der Waals surface area contributed by atoms with Crippen LogP contribution in [0.25, 0.3) is 0 Å². The van der Waals surface area contributed by atoms with Crippen molar-refractivity contribution in [2.75, 3.05) is 7.05 Å². The van der Waals surface area contributed by atoms with Gasteiger partial charge in [-0.25, -0.2) is 0 Å². The molecule has 0 unspecified atom stereocenters. The fourth-order valence-electron chi connectivity index (χ4n) is 0.851.